The van der Waals surface area contributed by atoms with Gasteiger partial charge in [0.15, 0.2) is 22.7 Å². The molecule has 0 spiro atoms. The molecular weight excluding hydrogens is 1670 g/mol. The molecule has 2 aliphatic carbocycles. The Morgan fingerprint density at radius 1 is 0.519 bits per heavy atom. The van der Waals surface area contributed by atoms with Crippen LogP contribution in [0.25, 0.3) is 11.3 Å². The molecule has 4 atom stereocenters. The number of halogens is 4. The van der Waals surface area contributed by atoms with E-state index in [4.69, 9.17) is 20.9 Å². The quantitative estimate of drug-likeness (QED) is 0.0180. The molecule has 6 fully saturated rings. The molecular formula is C91H104F4N22O12. The minimum Gasteiger partial charge on any atom is -0.384 e. The molecule has 129 heavy (non-hydrogen) atoms. The molecule has 6 aliphatic heterocycles. The van der Waals surface area contributed by atoms with Crippen LogP contribution in [0.1, 0.15) is 237 Å². The molecule has 38 heteroatoms. The van der Waals surface area contributed by atoms with Crippen molar-refractivity contribution < 1.29 is 75.0 Å². The van der Waals surface area contributed by atoms with Crippen molar-refractivity contribution in [3.8, 4) is 0 Å². The molecule has 2 saturated carbocycles. The normalized spacial score (nSPS) is 20.9. The topological polar surface area (TPSA) is 431 Å². The largest absolute Gasteiger partial charge is 0.384 e. The van der Waals surface area contributed by atoms with Gasteiger partial charge in [-0.1, -0.05) is 60.7 Å². The standard InChI is InChI=1S/C41H43F2N11O5.C40H41F2N11O5.2C5H10O/c1-51(21-25-9-11-26(12-10-25)53-22-30(35(50-53)36(42)43)47-38(56)28-19-46-52-18-16-32(44)48-37(28)52)20-24-7-5-23(6-8-24)15-17-45-29-4-2-3-27-34(29)41(59)54(40(27)58)31-13-14-33(55)49-39(31)57;41-35(42)34-29(47-37(55)27-20-46-51-17-15-31(43)48-36(27)51)21-52(50-34)25-10-8-24(9-11-25)19-44-18-23-6-4-22(5-7-23)14-16-45-28-3-1-2-26-33(28)40(58)53(39(26)57)30-12-13-32(54)49-38(30)56;2*1-5-3-2-4-6-5/h2-8,16,18-19,22,25-26,31,36,45H,9-15,17,20-21H2,1H3,(H2,44,48)(H,47,56)(H,49,55,57);1-7,15,17,20-21,24-25,30,35,44-45H,8-14,16,18-19H2,(H2,43,48)(H,47,55)(H,49,54,56);2*5H,2-4H2,1H3/t;;2*5-/m..00/s1. The summed E-state index contributed by atoms with van der Waals surface area (Å²) in [6, 6.07) is 27.5. The van der Waals surface area contributed by atoms with E-state index in [1.54, 1.807) is 58.2 Å². The number of alkyl halides is 4. The zero-order valence-electron chi connectivity index (χ0n) is 71.7. The first-order valence-corrected chi connectivity index (χ1v) is 43.8. The zero-order chi connectivity index (χ0) is 90.7. The third-order valence-electron chi connectivity index (χ3n) is 24.6. The van der Waals surface area contributed by atoms with E-state index in [-0.39, 0.29) is 105 Å². The lowest BCUT2D eigenvalue weighted by molar-refractivity contribution is -0.137. The Bertz CT molecular complexity index is 5780. The van der Waals surface area contributed by atoms with Gasteiger partial charge in [0.25, 0.3) is 48.3 Å². The van der Waals surface area contributed by atoms with Crippen molar-refractivity contribution in [3.05, 3.63) is 201 Å². The fourth-order valence-electron chi connectivity index (χ4n) is 17.7. The van der Waals surface area contributed by atoms with Crippen molar-refractivity contribution in [1.29, 1.82) is 0 Å². The van der Waals surface area contributed by atoms with Gasteiger partial charge in [0.05, 0.1) is 70.3 Å². The van der Waals surface area contributed by atoms with Crippen LogP contribution >= 0.6 is 0 Å². The highest BCUT2D eigenvalue weighted by Crippen LogP contribution is 2.40. The van der Waals surface area contributed by atoms with Crippen LogP contribution in [0.5, 0.6) is 0 Å². The first kappa shape index (κ1) is 90.6. The van der Waals surface area contributed by atoms with E-state index in [9.17, 15) is 65.5 Å². The van der Waals surface area contributed by atoms with E-state index < -0.39 is 95.4 Å². The average molecular weight is 1770 g/mol. The SMILES string of the molecule is CN(Cc1ccc(CCNc2cccc3c2C(=O)N(C2CCC(=O)NC2=O)C3=O)cc1)CC1CCC(n2cc(NC(=O)c3cnn4ccc(N)nc34)c(C(F)F)n2)CC1.C[C@H]1CCCO1.C[C@H]1CCCO1.Nc1ccn2ncc(C(=O)Nc3cn(C4CCC(CNCc5ccc(CCNc6cccc7c6C(=O)N(C6CCC(=O)NC6=O)C7=O)cc5)CC4)nc3C(F)F)c2n1. The van der Waals surface area contributed by atoms with E-state index in [1.807, 2.05) is 0 Å². The molecule has 12 heterocycles. The lowest BCUT2D eigenvalue weighted by atomic mass is 9.85. The van der Waals surface area contributed by atoms with Crippen LogP contribution in [0, 0.1) is 11.8 Å². The molecule has 34 nitrogen and oxygen atoms in total. The molecule has 18 rings (SSSR count). The van der Waals surface area contributed by atoms with Crippen molar-refractivity contribution in [3.63, 3.8) is 0 Å². The summed E-state index contributed by atoms with van der Waals surface area (Å²) >= 11 is 0. The van der Waals surface area contributed by atoms with E-state index in [1.165, 1.54) is 71.6 Å². The first-order chi connectivity index (χ1) is 62.2. The predicted molar refractivity (Wildman–Crippen MR) is 468 cm³/mol. The van der Waals surface area contributed by atoms with Crippen molar-refractivity contribution in [2.45, 2.75) is 192 Å². The first-order valence-electron chi connectivity index (χ1n) is 43.8. The van der Waals surface area contributed by atoms with Gasteiger partial charge in [-0.05, 0) is 201 Å². The number of rotatable bonds is 26. The molecule has 11 N–H and O–H groups in total. The summed E-state index contributed by atoms with van der Waals surface area (Å²) in [4.78, 5) is 140. The third-order valence-corrected chi connectivity index (χ3v) is 24.6. The molecule has 10 amide bonds. The fraction of sp³-hybridized carbons (Fsp3) is 0.429. The van der Waals surface area contributed by atoms with Crippen LogP contribution in [0.2, 0.25) is 0 Å². The average Bonchev–Trinajstić information content (AvgIpc) is 1.60. The number of benzene rings is 4. The van der Waals surface area contributed by atoms with E-state index >= 15 is 0 Å². The number of hydrogen-bond donors (Lipinski definition) is 9. The van der Waals surface area contributed by atoms with Gasteiger partial charge in [0.2, 0.25) is 23.6 Å². The molecule has 4 saturated heterocycles. The summed E-state index contributed by atoms with van der Waals surface area (Å²) in [6.07, 6.45) is 17.4. The van der Waals surface area contributed by atoms with Gasteiger partial charge in [-0.3, -0.25) is 77.7 Å². The number of amides is 10. The Morgan fingerprint density at radius 2 is 0.946 bits per heavy atom. The smallest absolute Gasteiger partial charge is 0.284 e. The molecule has 678 valence electrons. The molecule has 6 aromatic heterocycles. The minimum atomic E-state index is -2.88. The number of nitrogen functional groups attached to an aromatic ring is 2. The monoisotopic (exact) mass is 1770 g/mol. The number of hydrogen-bond acceptors (Lipinski definition) is 24. The molecule has 0 radical (unpaired) electrons. The van der Waals surface area contributed by atoms with Crippen LogP contribution in [0.4, 0.5) is 51.9 Å². The summed E-state index contributed by atoms with van der Waals surface area (Å²) in [5.41, 5.74) is 17.5. The number of piperidine rings is 2. The second kappa shape index (κ2) is 40.8. The molecule has 0 bridgehead atoms. The van der Waals surface area contributed by atoms with Crippen LogP contribution < -0.4 is 48.7 Å². The van der Waals surface area contributed by atoms with Crippen LogP contribution in [-0.2, 0) is 54.6 Å². The Kier molecular flexibility index (Phi) is 28.7. The van der Waals surface area contributed by atoms with Gasteiger partial charge < -0.3 is 52.4 Å². The summed E-state index contributed by atoms with van der Waals surface area (Å²) in [5, 5.41) is 36.3. The maximum absolute atomic E-state index is 14.1. The minimum absolute atomic E-state index is 0.0500. The Balaban J connectivity index is 0.000000175. The van der Waals surface area contributed by atoms with E-state index in [0.29, 0.717) is 67.9 Å². The zero-order valence-corrected chi connectivity index (χ0v) is 71.7. The van der Waals surface area contributed by atoms with E-state index in [2.05, 4.69) is 142 Å². The number of fused-ring (bicyclic) bond motifs is 4. The Labute approximate surface area is 739 Å². The molecule has 10 aromatic rings. The second-order valence-electron chi connectivity index (χ2n) is 33.8. The summed E-state index contributed by atoms with van der Waals surface area (Å²) < 4.78 is 72.3. The van der Waals surface area contributed by atoms with Crippen molar-refractivity contribution in [1.82, 2.24) is 79.4 Å². The van der Waals surface area contributed by atoms with Crippen molar-refractivity contribution >= 4 is 105 Å². The lowest BCUT2D eigenvalue weighted by Crippen LogP contribution is -2.54. The van der Waals surface area contributed by atoms with Crippen molar-refractivity contribution in [2.75, 3.05) is 79.2 Å². The number of carbonyl (C=O) groups is 10. The van der Waals surface area contributed by atoms with Crippen LogP contribution in [-0.4, -0.2) is 193 Å². The summed E-state index contributed by atoms with van der Waals surface area (Å²) in [5.74, 6) is -4.33. The molecule has 8 aliphatic rings. The second-order valence-corrected chi connectivity index (χ2v) is 33.8. The fourth-order valence-corrected chi connectivity index (χ4v) is 17.7. The number of nitrogens with one attached hydrogen (secondary N) is 7. The van der Waals surface area contributed by atoms with Gasteiger partial charge in [0, 0.05) is 94.9 Å². The van der Waals surface area contributed by atoms with Gasteiger partial charge in [-0.25, -0.2) is 36.6 Å². The maximum Gasteiger partial charge on any atom is 0.284 e. The third kappa shape index (κ3) is 21.5. The number of imide groups is 4. The number of aromatic nitrogens is 10. The highest BCUT2D eigenvalue weighted by Gasteiger charge is 2.48. The van der Waals surface area contributed by atoms with Gasteiger partial charge >= 0.3 is 0 Å². The molecule has 4 aromatic carbocycles. The number of carbonyl (C=O) groups excluding carboxylic acids is 10. The highest BCUT2D eigenvalue weighted by molar-refractivity contribution is 6.27. The lowest BCUT2D eigenvalue weighted by Gasteiger charge is -2.31. The van der Waals surface area contributed by atoms with Crippen LogP contribution in [0.15, 0.2) is 134 Å². The number of nitrogens with zero attached hydrogens (tertiary/aromatic N) is 13. The van der Waals surface area contributed by atoms with Gasteiger partial charge in [-0.2, -0.15) is 20.4 Å². The van der Waals surface area contributed by atoms with Crippen molar-refractivity contribution in [2.24, 2.45) is 11.8 Å². The maximum atomic E-state index is 14.1. The number of ether oxygens (including phenoxy) is 2. The number of nitrogens with two attached hydrogens (primary N) is 2. The predicted octanol–water partition coefficient (Wildman–Crippen LogP) is 11.3. The number of anilines is 6. The summed E-state index contributed by atoms with van der Waals surface area (Å²) in [6.45, 7) is 10.3. The highest BCUT2D eigenvalue weighted by atomic mass is 19.3. The Hall–Kier alpha value is -13.2. The van der Waals surface area contributed by atoms with Crippen LogP contribution in [0.3, 0.4) is 0 Å². The van der Waals surface area contributed by atoms with Gasteiger partial charge in [-0.15, -0.1) is 0 Å². The van der Waals surface area contributed by atoms with E-state index in [0.717, 1.165) is 116 Å². The van der Waals surface area contributed by atoms with Gasteiger partial charge in [0.1, 0.15) is 34.8 Å². The summed E-state index contributed by atoms with van der Waals surface area (Å²) in [7, 11) is 2.08. The molecule has 2 unspecified atom stereocenters. The Morgan fingerprint density at radius 3 is 1.35 bits per heavy atom.